The molecule has 0 saturated heterocycles. The Hall–Kier alpha value is -2.99. The predicted octanol–water partition coefficient (Wildman–Crippen LogP) is 7.85. The summed E-state index contributed by atoms with van der Waals surface area (Å²) in [5, 5.41) is 18.5. The number of aromatic nitrogens is 3. The lowest BCUT2D eigenvalue weighted by Gasteiger charge is -2.38. The summed E-state index contributed by atoms with van der Waals surface area (Å²) in [5.41, 5.74) is 0.675. The number of hydrogen-bond acceptors (Lipinski definition) is 5. The van der Waals surface area contributed by atoms with Crippen LogP contribution < -0.4 is 8.85 Å². The van der Waals surface area contributed by atoms with Crippen LogP contribution in [0.15, 0.2) is 36.4 Å². The molecular formula is C28H40FN3O4Si2. The van der Waals surface area contributed by atoms with Gasteiger partial charge in [-0.3, -0.25) is 4.57 Å². The Morgan fingerprint density at radius 2 is 1.42 bits per heavy atom. The molecule has 1 heterocycles. The maximum absolute atomic E-state index is 14.9. The standard InChI is InChI=1S/C28H40FN3O4Si2/c1-18-30-31-25(32(18)22-15-13-12-14-21(22)29)19-16-20(26(33)34)24(36-38(10,11)28(5,6)7)17-23(19)35-37(8,9)27(2,3)4/h12-17H,1-11H3,(H,33,34). The number of halogens is 1. The molecule has 0 spiro atoms. The van der Waals surface area contributed by atoms with Gasteiger partial charge in [0.05, 0.1) is 11.3 Å². The molecule has 0 unspecified atom stereocenters. The topological polar surface area (TPSA) is 86.5 Å². The third kappa shape index (κ3) is 5.70. The second kappa shape index (κ2) is 9.96. The van der Waals surface area contributed by atoms with E-state index in [9.17, 15) is 14.3 Å². The van der Waals surface area contributed by atoms with Crippen LogP contribution in [0.4, 0.5) is 4.39 Å². The number of para-hydroxylation sites is 1. The summed E-state index contributed by atoms with van der Waals surface area (Å²) >= 11 is 0. The van der Waals surface area contributed by atoms with E-state index in [0.29, 0.717) is 23.0 Å². The maximum atomic E-state index is 14.9. The van der Waals surface area contributed by atoms with Gasteiger partial charge in [0.2, 0.25) is 0 Å². The van der Waals surface area contributed by atoms with Crippen LogP contribution in [0.1, 0.15) is 57.7 Å². The first-order valence-corrected chi connectivity index (χ1v) is 18.5. The number of benzene rings is 2. The molecule has 10 heteroatoms. The van der Waals surface area contributed by atoms with Crippen LogP contribution in [0.5, 0.6) is 11.5 Å². The second-order valence-electron chi connectivity index (χ2n) is 12.7. The number of nitrogens with zero attached hydrogens (tertiary/aromatic N) is 3. The molecule has 0 fully saturated rings. The molecule has 3 rings (SSSR count). The minimum Gasteiger partial charge on any atom is -0.543 e. The number of carboxylic acid groups (broad SMARTS) is 1. The molecule has 206 valence electrons. The zero-order valence-electron chi connectivity index (χ0n) is 24.4. The Kier molecular flexibility index (Phi) is 7.75. The van der Waals surface area contributed by atoms with Crippen LogP contribution >= 0.6 is 0 Å². The predicted molar refractivity (Wildman–Crippen MR) is 154 cm³/mol. The quantitative estimate of drug-likeness (QED) is 0.298. The summed E-state index contributed by atoms with van der Waals surface area (Å²) in [6.07, 6.45) is 0. The van der Waals surface area contributed by atoms with Gasteiger partial charge >= 0.3 is 5.97 Å². The van der Waals surface area contributed by atoms with Gasteiger partial charge in [-0.15, -0.1) is 10.2 Å². The van der Waals surface area contributed by atoms with E-state index >= 15 is 0 Å². The van der Waals surface area contributed by atoms with E-state index in [1.54, 1.807) is 35.8 Å². The fraction of sp³-hybridized carbons (Fsp3) is 0.464. The Morgan fingerprint density at radius 1 is 0.895 bits per heavy atom. The van der Waals surface area contributed by atoms with Gasteiger partial charge in [-0.25, -0.2) is 9.18 Å². The Labute approximate surface area is 227 Å². The fourth-order valence-corrected chi connectivity index (χ4v) is 5.44. The van der Waals surface area contributed by atoms with Gasteiger partial charge < -0.3 is 14.0 Å². The Balaban J connectivity index is 2.36. The normalized spacial score (nSPS) is 12.9. The van der Waals surface area contributed by atoms with Gasteiger partial charge in [0.15, 0.2) is 5.82 Å². The highest BCUT2D eigenvalue weighted by atomic mass is 28.4. The average molecular weight is 558 g/mol. The van der Waals surface area contributed by atoms with Crippen LogP contribution in [-0.2, 0) is 0 Å². The van der Waals surface area contributed by atoms with Crippen molar-refractivity contribution in [2.24, 2.45) is 0 Å². The fourth-order valence-electron chi connectivity index (χ4n) is 3.39. The van der Waals surface area contributed by atoms with E-state index in [-0.39, 0.29) is 27.1 Å². The van der Waals surface area contributed by atoms with Gasteiger partial charge in [0.1, 0.15) is 28.7 Å². The minimum absolute atomic E-state index is 0.00635. The van der Waals surface area contributed by atoms with Gasteiger partial charge in [0, 0.05) is 6.07 Å². The lowest BCUT2D eigenvalue weighted by Crippen LogP contribution is -2.45. The molecule has 7 nitrogen and oxygen atoms in total. The second-order valence-corrected chi connectivity index (χ2v) is 22.2. The molecule has 0 aliphatic heterocycles. The van der Waals surface area contributed by atoms with E-state index in [4.69, 9.17) is 8.85 Å². The molecule has 0 atom stereocenters. The summed E-state index contributed by atoms with van der Waals surface area (Å²) in [5.74, 6) is -0.118. The number of carbonyl (C=O) groups is 1. The van der Waals surface area contributed by atoms with Crippen molar-refractivity contribution in [1.82, 2.24) is 14.8 Å². The van der Waals surface area contributed by atoms with Crippen molar-refractivity contribution in [2.75, 3.05) is 0 Å². The molecule has 0 bridgehead atoms. The highest BCUT2D eigenvalue weighted by Crippen LogP contribution is 2.45. The molecule has 0 aliphatic rings. The number of rotatable bonds is 7. The highest BCUT2D eigenvalue weighted by molar-refractivity contribution is 6.75. The van der Waals surface area contributed by atoms with Crippen molar-refractivity contribution in [3.8, 4) is 28.6 Å². The van der Waals surface area contributed by atoms with Crippen molar-refractivity contribution in [3.63, 3.8) is 0 Å². The van der Waals surface area contributed by atoms with E-state index in [0.717, 1.165) is 0 Å². The zero-order chi connectivity index (χ0) is 28.8. The summed E-state index contributed by atoms with van der Waals surface area (Å²) in [6.45, 7) is 22.8. The Bertz CT molecular complexity index is 1360. The zero-order valence-corrected chi connectivity index (χ0v) is 26.4. The van der Waals surface area contributed by atoms with Crippen molar-refractivity contribution in [3.05, 3.63) is 53.6 Å². The summed E-state index contributed by atoms with van der Waals surface area (Å²) in [4.78, 5) is 12.5. The smallest absolute Gasteiger partial charge is 0.339 e. The molecule has 3 aromatic rings. The van der Waals surface area contributed by atoms with Gasteiger partial charge in [0.25, 0.3) is 16.6 Å². The van der Waals surface area contributed by atoms with E-state index < -0.39 is 28.4 Å². The molecular weight excluding hydrogens is 517 g/mol. The van der Waals surface area contributed by atoms with Crippen molar-refractivity contribution in [1.29, 1.82) is 0 Å². The maximum Gasteiger partial charge on any atom is 0.339 e. The van der Waals surface area contributed by atoms with Crippen LogP contribution in [-0.4, -0.2) is 42.5 Å². The molecule has 2 aromatic carbocycles. The monoisotopic (exact) mass is 557 g/mol. The minimum atomic E-state index is -2.40. The lowest BCUT2D eigenvalue weighted by molar-refractivity contribution is 0.0694. The first-order valence-electron chi connectivity index (χ1n) is 12.7. The van der Waals surface area contributed by atoms with E-state index in [1.807, 2.05) is 0 Å². The molecule has 1 aromatic heterocycles. The average Bonchev–Trinajstić information content (AvgIpc) is 3.13. The number of aryl methyl sites for hydroxylation is 1. The highest BCUT2D eigenvalue weighted by Gasteiger charge is 2.42. The molecule has 0 aliphatic carbocycles. The summed E-state index contributed by atoms with van der Waals surface area (Å²) in [6, 6.07) is 9.54. The SMILES string of the molecule is Cc1nnc(-c2cc(C(=O)O)c(O[Si](C)(C)C(C)(C)C)cc2O[Si](C)(C)C(C)(C)C)n1-c1ccccc1F. The first kappa shape index (κ1) is 29.6. The van der Waals surface area contributed by atoms with Crippen molar-refractivity contribution >= 4 is 22.6 Å². The Morgan fingerprint density at radius 3 is 1.92 bits per heavy atom. The molecule has 38 heavy (non-hydrogen) atoms. The largest absolute Gasteiger partial charge is 0.543 e. The number of hydrogen-bond donors (Lipinski definition) is 1. The third-order valence-electron chi connectivity index (χ3n) is 7.81. The summed E-state index contributed by atoms with van der Waals surface area (Å²) < 4.78 is 29.8. The molecule has 0 saturated carbocycles. The molecule has 1 N–H and O–H groups in total. The van der Waals surface area contributed by atoms with Crippen LogP contribution in [0.25, 0.3) is 17.1 Å². The van der Waals surface area contributed by atoms with Crippen molar-refractivity contribution < 1.29 is 23.1 Å². The first-order chi connectivity index (χ1) is 17.3. The third-order valence-corrected chi connectivity index (χ3v) is 16.5. The van der Waals surface area contributed by atoms with Gasteiger partial charge in [-0.05, 0) is 61.4 Å². The van der Waals surface area contributed by atoms with Crippen LogP contribution in [0, 0.1) is 12.7 Å². The molecule has 0 amide bonds. The molecule has 0 radical (unpaired) electrons. The number of aromatic carboxylic acids is 1. The van der Waals surface area contributed by atoms with Crippen LogP contribution in [0.2, 0.25) is 36.3 Å². The van der Waals surface area contributed by atoms with E-state index in [1.165, 1.54) is 12.1 Å². The van der Waals surface area contributed by atoms with E-state index in [2.05, 4.69) is 77.9 Å². The lowest BCUT2D eigenvalue weighted by atomic mass is 10.1. The summed E-state index contributed by atoms with van der Waals surface area (Å²) in [7, 11) is -4.79. The van der Waals surface area contributed by atoms with Gasteiger partial charge in [-0.2, -0.15) is 0 Å². The van der Waals surface area contributed by atoms with Crippen molar-refractivity contribution in [2.45, 2.75) is 84.7 Å². The number of carboxylic acids is 1. The van der Waals surface area contributed by atoms with Gasteiger partial charge in [-0.1, -0.05) is 53.7 Å². The van der Waals surface area contributed by atoms with Crippen LogP contribution in [0.3, 0.4) is 0 Å².